The third kappa shape index (κ3) is 0.896. The lowest BCUT2D eigenvalue weighted by Crippen LogP contribution is -1.70. The van der Waals surface area contributed by atoms with Crippen LogP contribution in [0.5, 0.6) is 5.75 Å². The van der Waals surface area contributed by atoms with E-state index in [4.69, 9.17) is 0 Å². The summed E-state index contributed by atoms with van der Waals surface area (Å²) in [6, 6.07) is 5.66. The van der Waals surface area contributed by atoms with Crippen LogP contribution in [0.3, 0.4) is 0 Å². The highest BCUT2D eigenvalue weighted by atomic mass is 32.2. The van der Waals surface area contributed by atoms with E-state index in [2.05, 4.69) is 0 Å². The van der Waals surface area contributed by atoms with Gasteiger partial charge in [-0.2, -0.15) is 0 Å². The molecule has 0 aromatic heterocycles. The maximum Gasteiger partial charge on any atom is 0.130 e. The molecule has 1 nitrogen and oxygen atoms in total. The van der Waals surface area contributed by atoms with E-state index in [0.29, 0.717) is 5.75 Å². The van der Waals surface area contributed by atoms with E-state index < -0.39 is 0 Å². The van der Waals surface area contributed by atoms with Crippen molar-refractivity contribution in [2.24, 2.45) is 0 Å². The highest BCUT2D eigenvalue weighted by Gasteiger charge is 2.14. The van der Waals surface area contributed by atoms with Crippen molar-refractivity contribution < 1.29 is 5.11 Å². The number of rotatable bonds is 0. The topological polar surface area (TPSA) is 20.2 Å². The number of hydrogen-bond donors (Lipinski definition) is 1. The van der Waals surface area contributed by atoms with Crippen molar-refractivity contribution in [2.45, 2.75) is 9.79 Å². The van der Waals surface area contributed by atoms with Crippen molar-refractivity contribution in [3.05, 3.63) is 18.2 Å². The Bertz CT molecular complexity index is 260. The predicted molar refractivity (Wildman–Crippen MR) is 44.7 cm³/mol. The zero-order chi connectivity index (χ0) is 6.97. The molecule has 1 aliphatic rings. The maximum atomic E-state index is 9.30. The molecule has 1 N–H and O–H groups in total. The molecule has 0 saturated carbocycles. The van der Waals surface area contributed by atoms with Crippen LogP contribution in [-0.2, 0) is 0 Å². The van der Waals surface area contributed by atoms with Gasteiger partial charge >= 0.3 is 0 Å². The second kappa shape index (κ2) is 2.40. The van der Waals surface area contributed by atoms with Gasteiger partial charge < -0.3 is 5.11 Å². The normalized spacial score (nSPS) is 15.2. The quantitative estimate of drug-likeness (QED) is 0.646. The van der Waals surface area contributed by atoms with Crippen molar-refractivity contribution in [3.8, 4) is 5.75 Å². The van der Waals surface area contributed by atoms with Crippen molar-refractivity contribution in [1.29, 1.82) is 0 Å². The van der Waals surface area contributed by atoms with E-state index in [-0.39, 0.29) is 0 Å². The molecular weight excluding hydrogens is 164 g/mol. The molecule has 0 radical (unpaired) electrons. The molecule has 0 fully saturated rings. The zero-order valence-corrected chi connectivity index (χ0v) is 6.84. The van der Waals surface area contributed by atoms with E-state index in [1.54, 1.807) is 29.6 Å². The Morgan fingerprint density at radius 3 is 3.00 bits per heavy atom. The van der Waals surface area contributed by atoms with E-state index in [0.717, 1.165) is 9.98 Å². The van der Waals surface area contributed by atoms with Crippen LogP contribution >= 0.6 is 23.5 Å². The fourth-order valence-electron chi connectivity index (χ4n) is 0.915. The van der Waals surface area contributed by atoms with Crippen molar-refractivity contribution in [1.82, 2.24) is 0 Å². The predicted octanol–water partition coefficient (Wildman–Crippen LogP) is 2.55. The minimum absolute atomic E-state index is 0.424. The number of benzene rings is 1. The maximum absolute atomic E-state index is 9.30. The van der Waals surface area contributed by atoms with E-state index in [1.165, 1.54) is 4.90 Å². The molecule has 52 valence electrons. The van der Waals surface area contributed by atoms with Gasteiger partial charge in [0.1, 0.15) is 5.75 Å². The SMILES string of the molecule is Oc1cccc2c1SCS2. The molecule has 1 heterocycles. The molecule has 0 bridgehead atoms. The van der Waals surface area contributed by atoms with E-state index in [9.17, 15) is 5.11 Å². The summed E-state index contributed by atoms with van der Waals surface area (Å²) in [5.74, 6) is 0.424. The minimum atomic E-state index is 0.424. The van der Waals surface area contributed by atoms with Gasteiger partial charge in [-0.1, -0.05) is 6.07 Å². The van der Waals surface area contributed by atoms with Crippen LogP contribution in [0.2, 0.25) is 0 Å². The van der Waals surface area contributed by atoms with Crippen molar-refractivity contribution >= 4 is 23.5 Å². The van der Waals surface area contributed by atoms with Crippen molar-refractivity contribution in [3.63, 3.8) is 0 Å². The number of phenolic OH excluding ortho intramolecular Hbond substituents is 1. The molecule has 1 aromatic rings. The zero-order valence-electron chi connectivity index (χ0n) is 5.20. The molecule has 0 saturated heterocycles. The number of hydrogen-bond acceptors (Lipinski definition) is 3. The van der Waals surface area contributed by atoms with Gasteiger partial charge in [-0.25, -0.2) is 0 Å². The molecule has 0 aliphatic carbocycles. The highest BCUT2D eigenvalue weighted by molar-refractivity contribution is 8.18. The summed E-state index contributed by atoms with van der Waals surface area (Å²) in [4.78, 5) is 2.26. The molecule has 10 heavy (non-hydrogen) atoms. The van der Waals surface area contributed by atoms with Gasteiger partial charge in [0.15, 0.2) is 0 Å². The van der Waals surface area contributed by atoms with Crippen LogP contribution in [0.4, 0.5) is 0 Å². The van der Waals surface area contributed by atoms with Crippen LogP contribution < -0.4 is 0 Å². The number of thioether (sulfide) groups is 2. The molecule has 0 atom stereocenters. The first kappa shape index (κ1) is 6.43. The summed E-state index contributed by atoms with van der Waals surface area (Å²) < 4.78 is 0. The summed E-state index contributed by atoms with van der Waals surface area (Å²) in [6.07, 6.45) is 0. The second-order valence-corrected chi connectivity index (χ2v) is 4.38. The first-order valence-electron chi connectivity index (χ1n) is 2.95. The molecule has 0 spiro atoms. The van der Waals surface area contributed by atoms with Crippen molar-refractivity contribution in [2.75, 3.05) is 5.08 Å². The summed E-state index contributed by atoms with van der Waals surface area (Å²) >= 11 is 3.49. The summed E-state index contributed by atoms with van der Waals surface area (Å²) in [7, 11) is 0. The Morgan fingerprint density at radius 1 is 1.30 bits per heavy atom. The van der Waals surface area contributed by atoms with Gasteiger partial charge in [0.2, 0.25) is 0 Å². The van der Waals surface area contributed by atoms with Crippen LogP contribution in [0.25, 0.3) is 0 Å². The Morgan fingerprint density at radius 2 is 2.20 bits per heavy atom. The fourth-order valence-corrected chi connectivity index (χ4v) is 3.32. The van der Waals surface area contributed by atoms with Gasteiger partial charge in [0.25, 0.3) is 0 Å². The summed E-state index contributed by atoms with van der Waals surface area (Å²) in [6.45, 7) is 0. The third-order valence-corrected chi connectivity index (χ3v) is 3.82. The fraction of sp³-hybridized carbons (Fsp3) is 0.143. The molecule has 1 aliphatic heterocycles. The monoisotopic (exact) mass is 170 g/mol. The third-order valence-electron chi connectivity index (χ3n) is 1.38. The van der Waals surface area contributed by atoms with Gasteiger partial charge in [0, 0.05) is 9.98 Å². The summed E-state index contributed by atoms with van der Waals surface area (Å²) in [5, 5.41) is 10.3. The Balaban J connectivity index is 2.59. The molecular formula is C7H6OS2. The van der Waals surface area contributed by atoms with E-state index in [1.807, 2.05) is 12.1 Å². The lowest BCUT2D eigenvalue weighted by atomic mass is 10.3. The lowest BCUT2D eigenvalue weighted by Gasteiger charge is -1.97. The van der Waals surface area contributed by atoms with Gasteiger partial charge in [-0.15, -0.1) is 23.5 Å². The number of aromatic hydroxyl groups is 1. The largest absolute Gasteiger partial charge is 0.507 e. The standard InChI is InChI=1S/C7H6OS2/c8-5-2-1-3-6-7(5)10-4-9-6/h1-3,8H,4H2. The molecule has 0 unspecified atom stereocenters. The number of phenols is 1. The Kier molecular flexibility index (Phi) is 1.54. The van der Waals surface area contributed by atoms with Crippen LogP contribution in [0.1, 0.15) is 0 Å². The molecule has 1 aromatic carbocycles. The highest BCUT2D eigenvalue weighted by Crippen LogP contribution is 2.45. The van der Waals surface area contributed by atoms with E-state index >= 15 is 0 Å². The van der Waals surface area contributed by atoms with Crippen LogP contribution in [0, 0.1) is 0 Å². The molecule has 2 rings (SSSR count). The molecule has 0 amide bonds. The average Bonchev–Trinajstić information content (AvgIpc) is 2.36. The van der Waals surface area contributed by atoms with Gasteiger partial charge in [-0.3, -0.25) is 0 Å². The minimum Gasteiger partial charge on any atom is -0.507 e. The summed E-state index contributed by atoms with van der Waals surface area (Å²) in [5.41, 5.74) is 0. The van der Waals surface area contributed by atoms with Crippen LogP contribution in [0.15, 0.2) is 28.0 Å². The van der Waals surface area contributed by atoms with Gasteiger partial charge in [-0.05, 0) is 12.1 Å². The first-order valence-corrected chi connectivity index (χ1v) is 4.92. The first-order chi connectivity index (χ1) is 4.88. The van der Waals surface area contributed by atoms with Crippen LogP contribution in [-0.4, -0.2) is 10.2 Å². The Hall–Kier alpha value is -0.280. The molecule has 3 heteroatoms. The second-order valence-electron chi connectivity index (χ2n) is 2.01. The average molecular weight is 170 g/mol. The Labute approximate surface area is 67.8 Å². The lowest BCUT2D eigenvalue weighted by molar-refractivity contribution is 0.459. The van der Waals surface area contributed by atoms with Gasteiger partial charge in [0.05, 0.1) is 4.90 Å². The smallest absolute Gasteiger partial charge is 0.130 e. The number of fused-ring (bicyclic) bond motifs is 1.